The molecule has 1 unspecified atom stereocenters. The lowest BCUT2D eigenvalue weighted by molar-refractivity contribution is 0.707. The molecule has 0 radical (unpaired) electrons. The minimum Gasteiger partial charge on any atom is -0.356 e. The van der Waals surface area contributed by atoms with Crippen LogP contribution in [0.4, 0.5) is 0 Å². The fraction of sp³-hybridized carbons (Fsp3) is 0.467. The Kier molecular flexibility index (Phi) is 5.76. The van der Waals surface area contributed by atoms with Crippen molar-refractivity contribution in [3.63, 3.8) is 0 Å². The number of aryl methyl sites for hydroxylation is 2. The van der Waals surface area contributed by atoms with Gasteiger partial charge in [0.25, 0.3) is 0 Å². The SMILES string of the molecule is CN=C(NCc1nc(C)c(C)s1)NCC(C)c1cccs1. The summed E-state index contributed by atoms with van der Waals surface area (Å²) in [5, 5.41) is 9.90. The van der Waals surface area contributed by atoms with E-state index in [0.29, 0.717) is 12.5 Å². The highest BCUT2D eigenvalue weighted by atomic mass is 32.1. The second-order valence-electron chi connectivity index (χ2n) is 4.97. The van der Waals surface area contributed by atoms with E-state index in [1.165, 1.54) is 9.75 Å². The average molecular weight is 323 g/mol. The van der Waals surface area contributed by atoms with Crippen molar-refractivity contribution < 1.29 is 0 Å². The first-order valence-electron chi connectivity index (χ1n) is 7.01. The summed E-state index contributed by atoms with van der Waals surface area (Å²) in [5.74, 6) is 1.30. The van der Waals surface area contributed by atoms with Crippen LogP contribution in [0.3, 0.4) is 0 Å². The highest BCUT2D eigenvalue weighted by molar-refractivity contribution is 7.11. The number of aliphatic imine (C=N–C) groups is 1. The van der Waals surface area contributed by atoms with Crippen LogP contribution in [0.5, 0.6) is 0 Å². The predicted octanol–water partition coefficient (Wildman–Crippen LogP) is 3.29. The maximum absolute atomic E-state index is 4.53. The van der Waals surface area contributed by atoms with Crippen molar-refractivity contribution in [1.82, 2.24) is 15.6 Å². The molecule has 4 nitrogen and oxygen atoms in total. The molecule has 6 heteroatoms. The average Bonchev–Trinajstić information content (AvgIpc) is 3.10. The van der Waals surface area contributed by atoms with E-state index in [1.807, 2.05) is 6.92 Å². The van der Waals surface area contributed by atoms with Gasteiger partial charge in [0.15, 0.2) is 5.96 Å². The lowest BCUT2D eigenvalue weighted by atomic mass is 10.1. The van der Waals surface area contributed by atoms with Crippen LogP contribution >= 0.6 is 22.7 Å². The van der Waals surface area contributed by atoms with Crippen LogP contribution in [0.2, 0.25) is 0 Å². The van der Waals surface area contributed by atoms with Crippen molar-refractivity contribution in [3.05, 3.63) is 38.0 Å². The lowest BCUT2D eigenvalue weighted by Crippen LogP contribution is -2.38. The van der Waals surface area contributed by atoms with E-state index < -0.39 is 0 Å². The summed E-state index contributed by atoms with van der Waals surface area (Å²) in [6.07, 6.45) is 0. The van der Waals surface area contributed by atoms with Crippen molar-refractivity contribution in [2.75, 3.05) is 13.6 Å². The maximum Gasteiger partial charge on any atom is 0.191 e. The first kappa shape index (κ1) is 16.0. The normalized spacial score (nSPS) is 13.2. The molecule has 2 N–H and O–H groups in total. The van der Waals surface area contributed by atoms with Crippen molar-refractivity contribution in [3.8, 4) is 0 Å². The summed E-state index contributed by atoms with van der Waals surface area (Å²) in [5.41, 5.74) is 1.12. The van der Waals surface area contributed by atoms with Crippen LogP contribution < -0.4 is 10.6 Å². The zero-order valence-electron chi connectivity index (χ0n) is 12.9. The third kappa shape index (κ3) is 4.54. The van der Waals surface area contributed by atoms with Gasteiger partial charge in [0.05, 0.1) is 12.2 Å². The number of guanidine groups is 1. The number of nitrogens with zero attached hydrogens (tertiary/aromatic N) is 2. The van der Waals surface area contributed by atoms with Crippen LogP contribution in [0.15, 0.2) is 22.5 Å². The summed E-state index contributed by atoms with van der Waals surface area (Å²) in [7, 11) is 1.80. The number of thiazole rings is 1. The molecule has 0 bridgehead atoms. The Balaban J connectivity index is 1.81. The summed E-state index contributed by atoms with van der Waals surface area (Å²) >= 11 is 3.53. The minimum absolute atomic E-state index is 0.480. The Morgan fingerprint density at radius 2 is 2.19 bits per heavy atom. The summed E-state index contributed by atoms with van der Waals surface area (Å²) < 4.78 is 0. The molecule has 0 fully saturated rings. The number of thiophene rings is 1. The smallest absolute Gasteiger partial charge is 0.191 e. The molecule has 0 aliphatic heterocycles. The fourth-order valence-electron chi connectivity index (χ4n) is 1.92. The molecule has 2 rings (SSSR count). The molecule has 0 saturated heterocycles. The van der Waals surface area contributed by atoms with E-state index in [4.69, 9.17) is 0 Å². The Labute approximate surface area is 134 Å². The van der Waals surface area contributed by atoms with Gasteiger partial charge in [-0.15, -0.1) is 22.7 Å². The van der Waals surface area contributed by atoms with Crippen LogP contribution in [0, 0.1) is 13.8 Å². The zero-order valence-corrected chi connectivity index (χ0v) is 14.6. The van der Waals surface area contributed by atoms with Crippen LogP contribution in [-0.4, -0.2) is 24.5 Å². The summed E-state index contributed by atoms with van der Waals surface area (Å²) in [6, 6.07) is 4.27. The molecule has 1 atom stereocenters. The van der Waals surface area contributed by atoms with Crippen molar-refractivity contribution in [2.45, 2.75) is 33.2 Å². The Morgan fingerprint density at radius 3 is 2.76 bits per heavy atom. The van der Waals surface area contributed by atoms with Gasteiger partial charge in [-0.25, -0.2) is 4.98 Å². The molecule has 2 heterocycles. The number of rotatable bonds is 5. The molecule has 0 saturated carbocycles. The fourth-order valence-corrected chi connectivity index (χ4v) is 3.58. The molecule has 2 aromatic heterocycles. The topological polar surface area (TPSA) is 49.3 Å². The largest absolute Gasteiger partial charge is 0.356 e. The van der Waals surface area contributed by atoms with Gasteiger partial charge in [-0.1, -0.05) is 13.0 Å². The maximum atomic E-state index is 4.53. The number of hydrogen-bond acceptors (Lipinski definition) is 4. The lowest BCUT2D eigenvalue weighted by Gasteiger charge is -2.14. The monoisotopic (exact) mass is 322 g/mol. The first-order valence-corrected chi connectivity index (χ1v) is 8.70. The predicted molar refractivity (Wildman–Crippen MR) is 92.5 cm³/mol. The second kappa shape index (κ2) is 7.56. The van der Waals surface area contributed by atoms with Gasteiger partial charge in [0, 0.05) is 29.3 Å². The number of hydrogen-bond donors (Lipinski definition) is 2. The third-order valence-electron chi connectivity index (χ3n) is 3.31. The molecule has 0 spiro atoms. The highest BCUT2D eigenvalue weighted by Gasteiger charge is 2.08. The van der Waals surface area contributed by atoms with Gasteiger partial charge in [-0.2, -0.15) is 0 Å². The van der Waals surface area contributed by atoms with Crippen molar-refractivity contribution in [2.24, 2.45) is 4.99 Å². The van der Waals surface area contributed by atoms with Gasteiger partial charge in [-0.3, -0.25) is 4.99 Å². The molecule has 0 aliphatic carbocycles. The number of aromatic nitrogens is 1. The molecule has 21 heavy (non-hydrogen) atoms. The Morgan fingerprint density at radius 1 is 1.38 bits per heavy atom. The third-order valence-corrected chi connectivity index (χ3v) is 5.48. The molecule has 0 aromatic carbocycles. The summed E-state index contributed by atoms with van der Waals surface area (Å²) in [6.45, 7) is 7.96. The van der Waals surface area contributed by atoms with E-state index in [0.717, 1.165) is 23.2 Å². The summed E-state index contributed by atoms with van der Waals surface area (Å²) in [4.78, 5) is 11.5. The molecule has 2 aromatic rings. The van der Waals surface area contributed by atoms with Gasteiger partial charge < -0.3 is 10.6 Å². The van der Waals surface area contributed by atoms with Gasteiger partial charge in [-0.05, 0) is 25.3 Å². The quantitative estimate of drug-likeness (QED) is 0.656. The molecule has 0 amide bonds. The van der Waals surface area contributed by atoms with E-state index in [9.17, 15) is 0 Å². The van der Waals surface area contributed by atoms with Crippen LogP contribution in [0.25, 0.3) is 0 Å². The number of nitrogens with one attached hydrogen (secondary N) is 2. The first-order chi connectivity index (χ1) is 10.1. The van der Waals surface area contributed by atoms with E-state index >= 15 is 0 Å². The van der Waals surface area contributed by atoms with Gasteiger partial charge in [0.1, 0.15) is 5.01 Å². The van der Waals surface area contributed by atoms with Gasteiger partial charge in [0.2, 0.25) is 0 Å². The zero-order chi connectivity index (χ0) is 15.2. The van der Waals surface area contributed by atoms with E-state index in [1.54, 1.807) is 29.7 Å². The van der Waals surface area contributed by atoms with Crippen molar-refractivity contribution in [1.29, 1.82) is 0 Å². The van der Waals surface area contributed by atoms with Crippen LogP contribution in [-0.2, 0) is 6.54 Å². The molecule has 0 aliphatic rings. The van der Waals surface area contributed by atoms with Crippen molar-refractivity contribution >= 4 is 28.6 Å². The molecule has 114 valence electrons. The molecular weight excluding hydrogens is 300 g/mol. The van der Waals surface area contributed by atoms with Crippen LogP contribution in [0.1, 0.15) is 33.3 Å². The highest BCUT2D eigenvalue weighted by Crippen LogP contribution is 2.19. The molecular formula is C15H22N4S2. The standard InChI is InChI=1S/C15H22N4S2/c1-10(13-6-5-7-20-13)8-17-15(16-4)18-9-14-19-11(2)12(3)21-14/h5-7,10H,8-9H2,1-4H3,(H2,16,17,18). The Hall–Kier alpha value is -1.40. The van der Waals surface area contributed by atoms with Gasteiger partial charge >= 0.3 is 0 Å². The van der Waals surface area contributed by atoms with E-state index in [2.05, 4.69) is 52.0 Å². The van der Waals surface area contributed by atoms with E-state index in [-0.39, 0.29) is 0 Å². The Bertz CT molecular complexity index is 567. The minimum atomic E-state index is 0.480. The second-order valence-corrected chi connectivity index (χ2v) is 7.24.